The molecule has 86 valence electrons. The van der Waals surface area contributed by atoms with E-state index in [4.69, 9.17) is 0 Å². The smallest absolute Gasteiger partial charge is 0.166 e. The summed E-state index contributed by atoms with van der Waals surface area (Å²) in [7, 11) is 0. The van der Waals surface area contributed by atoms with Crippen molar-refractivity contribution >= 4 is 16.6 Å². The third-order valence-electron chi connectivity index (χ3n) is 3.67. The molecule has 0 atom stereocenters. The Hall–Kier alpha value is -1.63. The molecule has 0 spiro atoms. The molecule has 2 aromatic carbocycles. The highest BCUT2D eigenvalue weighted by atomic mass is 16.1. The summed E-state index contributed by atoms with van der Waals surface area (Å²) < 4.78 is 0. The topological polar surface area (TPSA) is 17.1 Å². The van der Waals surface area contributed by atoms with Crippen molar-refractivity contribution in [1.82, 2.24) is 0 Å². The van der Waals surface area contributed by atoms with Crippen LogP contribution in [0, 0.1) is 5.92 Å². The minimum Gasteiger partial charge on any atom is -0.294 e. The van der Waals surface area contributed by atoms with Gasteiger partial charge >= 0.3 is 0 Å². The zero-order valence-corrected chi connectivity index (χ0v) is 10.3. The SMILES string of the molecule is CC(C)C(=O)c1ccc2c3c(cccc13)CC2. The molecule has 0 fully saturated rings. The van der Waals surface area contributed by atoms with Crippen molar-refractivity contribution in [3.05, 3.63) is 47.0 Å². The van der Waals surface area contributed by atoms with E-state index in [9.17, 15) is 4.79 Å². The Labute approximate surface area is 101 Å². The maximum Gasteiger partial charge on any atom is 0.166 e. The molecule has 1 aliphatic carbocycles. The monoisotopic (exact) mass is 224 g/mol. The molecule has 0 saturated heterocycles. The van der Waals surface area contributed by atoms with Gasteiger partial charge in [-0.15, -0.1) is 0 Å². The Morgan fingerprint density at radius 3 is 2.47 bits per heavy atom. The number of carbonyl (C=O) groups is 1. The van der Waals surface area contributed by atoms with E-state index in [0.29, 0.717) is 0 Å². The lowest BCUT2D eigenvalue weighted by Gasteiger charge is -2.10. The summed E-state index contributed by atoms with van der Waals surface area (Å²) in [6, 6.07) is 10.5. The lowest BCUT2D eigenvalue weighted by Crippen LogP contribution is -2.08. The second-order valence-electron chi connectivity index (χ2n) is 5.13. The summed E-state index contributed by atoms with van der Waals surface area (Å²) in [4.78, 5) is 12.2. The number of hydrogen-bond donors (Lipinski definition) is 0. The van der Waals surface area contributed by atoms with Gasteiger partial charge in [0, 0.05) is 11.5 Å². The zero-order chi connectivity index (χ0) is 12.0. The maximum atomic E-state index is 12.2. The van der Waals surface area contributed by atoms with Gasteiger partial charge in [0.15, 0.2) is 5.78 Å². The lowest BCUT2D eigenvalue weighted by molar-refractivity contribution is 0.0941. The molecule has 1 nitrogen and oxygen atoms in total. The van der Waals surface area contributed by atoms with Crippen molar-refractivity contribution in [2.75, 3.05) is 0 Å². The normalized spacial score (nSPS) is 13.6. The lowest BCUT2D eigenvalue weighted by atomic mass is 9.93. The molecule has 0 bridgehead atoms. The maximum absolute atomic E-state index is 12.2. The van der Waals surface area contributed by atoms with Gasteiger partial charge in [0.25, 0.3) is 0 Å². The van der Waals surface area contributed by atoms with Gasteiger partial charge in [0.2, 0.25) is 0 Å². The van der Waals surface area contributed by atoms with Gasteiger partial charge < -0.3 is 0 Å². The number of benzene rings is 2. The van der Waals surface area contributed by atoms with Crippen molar-refractivity contribution < 1.29 is 4.79 Å². The Morgan fingerprint density at radius 2 is 1.76 bits per heavy atom. The molecule has 0 radical (unpaired) electrons. The first-order valence-electron chi connectivity index (χ1n) is 6.26. The first-order chi connectivity index (χ1) is 8.18. The molecule has 0 aliphatic heterocycles. The van der Waals surface area contributed by atoms with E-state index in [-0.39, 0.29) is 11.7 Å². The largest absolute Gasteiger partial charge is 0.294 e. The molecule has 0 aromatic heterocycles. The minimum atomic E-state index is 0.0634. The van der Waals surface area contributed by atoms with Gasteiger partial charge in [-0.1, -0.05) is 44.2 Å². The Morgan fingerprint density at radius 1 is 1.06 bits per heavy atom. The molecule has 2 aromatic rings. The molecule has 1 aliphatic rings. The first kappa shape index (κ1) is 10.5. The highest BCUT2D eigenvalue weighted by Crippen LogP contribution is 2.33. The highest BCUT2D eigenvalue weighted by molar-refractivity contribution is 6.10. The van der Waals surface area contributed by atoms with Crippen LogP contribution in [0.2, 0.25) is 0 Å². The molecule has 3 rings (SSSR count). The molecule has 0 heterocycles. The minimum absolute atomic E-state index is 0.0634. The molecule has 0 amide bonds. The van der Waals surface area contributed by atoms with Crippen LogP contribution in [-0.2, 0) is 12.8 Å². The zero-order valence-electron chi connectivity index (χ0n) is 10.3. The van der Waals surface area contributed by atoms with Crippen molar-refractivity contribution in [2.45, 2.75) is 26.7 Å². The second kappa shape index (κ2) is 3.69. The standard InChI is InChI=1S/C16H16O/c1-10(2)16(17)14-9-8-12-7-6-11-4-3-5-13(14)15(11)12/h3-5,8-10H,6-7H2,1-2H3. The summed E-state index contributed by atoms with van der Waals surface area (Å²) in [6.45, 7) is 3.93. The van der Waals surface area contributed by atoms with E-state index in [1.165, 1.54) is 16.5 Å². The molecule has 0 unspecified atom stereocenters. The van der Waals surface area contributed by atoms with E-state index in [2.05, 4.69) is 24.3 Å². The van der Waals surface area contributed by atoms with Crippen LogP contribution in [0.1, 0.15) is 35.3 Å². The third-order valence-corrected chi connectivity index (χ3v) is 3.67. The van der Waals surface area contributed by atoms with Crippen LogP contribution in [0.5, 0.6) is 0 Å². The predicted molar refractivity (Wildman–Crippen MR) is 70.5 cm³/mol. The van der Waals surface area contributed by atoms with Crippen molar-refractivity contribution in [3.63, 3.8) is 0 Å². The van der Waals surface area contributed by atoms with Crippen molar-refractivity contribution in [1.29, 1.82) is 0 Å². The third kappa shape index (κ3) is 1.49. The number of rotatable bonds is 2. The van der Waals surface area contributed by atoms with E-state index >= 15 is 0 Å². The number of Topliss-reactive ketones (excluding diaryl/α,β-unsaturated/α-hetero) is 1. The van der Waals surface area contributed by atoms with Crippen LogP contribution in [0.4, 0.5) is 0 Å². The number of ketones is 1. The molecular formula is C16H16O. The quantitative estimate of drug-likeness (QED) is 0.709. The Kier molecular flexibility index (Phi) is 2.29. The Balaban J connectivity index is 2.32. The number of carbonyl (C=O) groups excluding carboxylic acids is 1. The first-order valence-corrected chi connectivity index (χ1v) is 6.26. The number of aryl methyl sites for hydroxylation is 2. The van der Waals surface area contributed by atoms with Gasteiger partial charge in [-0.25, -0.2) is 0 Å². The van der Waals surface area contributed by atoms with Gasteiger partial charge in [0.05, 0.1) is 0 Å². The van der Waals surface area contributed by atoms with Crippen LogP contribution in [0.25, 0.3) is 10.8 Å². The highest BCUT2D eigenvalue weighted by Gasteiger charge is 2.19. The van der Waals surface area contributed by atoms with Crippen LogP contribution >= 0.6 is 0 Å². The van der Waals surface area contributed by atoms with E-state index in [0.717, 1.165) is 23.8 Å². The average molecular weight is 224 g/mol. The van der Waals surface area contributed by atoms with E-state index in [1.54, 1.807) is 0 Å². The predicted octanol–water partition coefficient (Wildman–Crippen LogP) is 3.78. The molecular weight excluding hydrogens is 208 g/mol. The molecule has 0 N–H and O–H groups in total. The van der Waals surface area contributed by atoms with E-state index in [1.807, 2.05) is 19.9 Å². The van der Waals surface area contributed by atoms with Gasteiger partial charge in [0.1, 0.15) is 0 Å². The molecule has 0 saturated carbocycles. The molecule has 17 heavy (non-hydrogen) atoms. The van der Waals surface area contributed by atoms with Crippen LogP contribution in [0.15, 0.2) is 30.3 Å². The van der Waals surface area contributed by atoms with Gasteiger partial charge in [-0.05, 0) is 34.7 Å². The molecule has 1 heteroatoms. The van der Waals surface area contributed by atoms with Crippen molar-refractivity contribution in [3.8, 4) is 0 Å². The van der Waals surface area contributed by atoms with E-state index < -0.39 is 0 Å². The van der Waals surface area contributed by atoms with Gasteiger partial charge in [-0.2, -0.15) is 0 Å². The fraction of sp³-hybridized carbons (Fsp3) is 0.312. The summed E-state index contributed by atoms with van der Waals surface area (Å²) in [5, 5.41) is 2.48. The summed E-state index contributed by atoms with van der Waals surface area (Å²) in [6.07, 6.45) is 2.23. The summed E-state index contributed by atoms with van der Waals surface area (Å²) in [5.41, 5.74) is 3.69. The summed E-state index contributed by atoms with van der Waals surface area (Å²) >= 11 is 0. The summed E-state index contributed by atoms with van der Waals surface area (Å²) in [5.74, 6) is 0.314. The Bertz CT molecular complexity index is 598. The van der Waals surface area contributed by atoms with Crippen molar-refractivity contribution in [2.24, 2.45) is 5.92 Å². The number of hydrogen-bond acceptors (Lipinski definition) is 1. The van der Waals surface area contributed by atoms with Gasteiger partial charge in [-0.3, -0.25) is 4.79 Å². The van der Waals surface area contributed by atoms with Crippen LogP contribution in [-0.4, -0.2) is 5.78 Å². The second-order valence-corrected chi connectivity index (χ2v) is 5.13. The fourth-order valence-electron chi connectivity index (χ4n) is 2.77. The van der Waals surface area contributed by atoms with Crippen LogP contribution < -0.4 is 0 Å². The average Bonchev–Trinajstić information content (AvgIpc) is 2.74. The fourth-order valence-corrected chi connectivity index (χ4v) is 2.77. The van der Waals surface area contributed by atoms with Crippen LogP contribution in [0.3, 0.4) is 0 Å².